The Labute approximate surface area is 83.6 Å². The van der Waals surface area contributed by atoms with Crippen LogP contribution in [0.15, 0.2) is 30.3 Å². The topological polar surface area (TPSA) is 25.8 Å². The summed E-state index contributed by atoms with van der Waals surface area (Å²) in [5, 5.41) is 7.75. The molecule has 2 nitrogen and oxygen atoms in total. The zero-order valence-electron chi connectivity index (χ0n) is 8.28. The second kappa shape index (κ2) is 3.58. The molecule has 0 aliphatic carbocycles. The van der Waals surface area contributed by atoms with Crippen LogP contribution in [-0.2, 0) is 0 Å². The van der Waals surface area contributed by atoms with Gasteiger partial charge in [-0.1, -0.05) is 12.1 Å². The molecule has 0 unspecified atom stereocenters. The van der Waals surface area contributed by atoms with Gasteiger partial charge in [0.05, 0.1) is 5.69 Å². The molecule has 1 aromatic heterocycles. The van der Waals surface area contributed by atoms with Crippen molar-refractivity contribution in [3.05, 3.63) is 47.7 Å². The SMILES string of the molecule is Cc1ccc(-c2cc[c]nn2)cc1C. The number of nitrogens with zero attached hydrogens (tertiary/aromatic N) is 2. The summed E-state index contributed by atoms with van der Waals surface area (Å²) in [6, 6.07) is 9.98. The van der Waals surface area contributed by atoms with Gasteiger partial charge >= 0.3 is 0 Å². The molecule has 0 saturated heterocycles. The highest BCUT2D eigenvalue weighted by Gasteiger charge is 2.00. The van der Waals surface area contributed by atoms with Gasteiger partial charge in [0.25, 0.3) is 0 Å². The lowest BCUT2D eigenvalue weighted by Gasteiger charge is -2.03. The first-order valence-corrected chi connectivity index (χ1v) is 4.55. The fourth-order valence-electron chi connectivity index (χ4n) is 1.32. The van der Waals surface area contributed by atoms with Crippen LogP contribution in [0.5, 0.6) is 0 Å². The molecule has 1 radical (unpaired) electrons. The summed E-state index contributed by atoms with van der Waals surface area (Å²) in [4.78, 5) is 0. The second-order valence-electron chi connectivity index (χ2n) is 3.35. The molecule has 0 bridgehead atoms. The second-order valence-corrected chi connectivity index (χ2v) is 3.35. The van der Waals surface area contributed by atoms with Crippen molar-refractivity contribution < 1.29 is 0 Å². The number of aryl methyl sites for hydroxylation is 2. The molecule has 14 heavy (non-hydrogen) atoms. The lowest BCUT2D eigenvalue weighted by atomic mass is 10.0. The Kier molecular flexibility index (Phi) is 2.27. The molecule has 69 valence electrons. The van der Waals surface area contributed by atoms with Crippen LogP contribution in [0.4, 0.5) is 0 Å². The van der Waals surface area contributed by atoms with Gasteiger partial charge in [-0.25, -0.2) is 0 Å². The average molecular weight is 183 g/mol. The largest absolute Gasteiger partial charge is 0.150 e. The molecule has 2 heteroatoms. The molecule has 0 amide bonds. The number of aromatic nitrogens is 2. The van der Waals surface area contributed by atoms with Crippen LogP contribution >= 0.6 is 0 Å². The van der Waals surface area contributed by atoms with Crippen molar-refractivity contribution in [2.24, 2.45) is 0 Å². The van der Waals surface area contributed by atoms with Crippen LogP contribution in [0.2, 0.25) is 0 Å². The van der Waals surface area contributed by atoms with E-state index in [0.29, 0.717) is 0 Å². The summed E-state index contributed by atoms with van der Waals surface area (Å²) < 4.78 is 0. The minimum absolute atomic E-state index is 0.895. The number of rotatable bonds is 1. The van der Waals surface area contributed by atoms with Crippen molar-refractivity contribution in [1.29, 1.82) is 0 Å². The van der Waals surface area contributed by atoms with E-state index in [-0.39, 0.29) is 0 Å². The Bertz CT molecular complexity index is 435. The first-order chi connectivity index (χ1) is 6.77. The van der Waals surface area contributed by atoms with E-state index < -0.39 is 0 Å². The van der Waals surface area contributed by atoms with E-state index in [1.807, 2.05) is 6.07 Å². The molecule has 2 aromatic rings. The predicted octanol–water partition coefficient (Wildman–Crippen LogP) is 2.56. The number of hydrogen-bond donors (Lipinski definition) is 0. The Morgan fingerprint density at radius 2 is 1.93 bits per heavy atom. The Hall–Kier alpha value is -1.70. The molecule has 1 aromatic carbocycles. The van der Waals surface area contributed by atoms with Gasteiger partial charge in [-0.3, -0.25) is 0 Å². The molecule has 0 aliphatic rings. The quantitative estimate of drug-likeness (QED) is 0.679. The highest BCUT2D eigenvalue weighted by molar-refractivity contribution is 5.60. The monoisotopic (exact) mass is 183 g/mol. The number of benzene rings is 1. The van der Waals surface area contributed by atoms with Gasteiger partial charge in [-0.2, -0.15) is 0 Å². The fourth-order valence-corrected chi connectivity index (χ4v) is 1.32. The Morgan fingerprint density at radius 1 is 1.07 bits per heavy atom. The maximum absolute atomic E-state index is 4.01. The minimum atomic E-state index is 0.895. The van der Waals surface area contributed by atoms with Crippen molar-refractivity contribution in [3.63, 3.8) is 0 Å². The molecule has 0 N–H and O–H groups in total. The van der Waals surface area contributed by atoms with Crippen LogP contribution in [0, 0.1) is 20.0 Å². The van der Waals surface area contributed by atoms with Crippen molar-refractivity contribution in [1.82, 2.24) is 10.2 Å². The Balaban J connectivity index is 2.48. The highest BCUT2D eigenvalue weighted by atomic mass is 15.1. The van der Waals surface area contributed by atoms with Gasteiger partial charge in [0.15, 0.2) is 0 Å². The standard InChI is InChI=1S/C12H11N2/c1-9-5-6-11(8-10(9)2)12-4-3-7-13-14-12/h3-6,8H,1-2H3. The van der Waals surface area contributed by atoms with E-state index in [4.69, 9.17) is 0 Å². The number of hydrogen-bond acceptors (Lipinski definition) is 2. The molecule has 0 atom stereocenters. The van der Waals surface area contributed by atoms with E-state index >= 15 is 0 Å². The van der Waals surface area contributed by atoms with Crippen LogP contribution in [-0.4, -0.2) is 10.2 Å². The van der Waals surface area contributed by atoms with Crippen molar-refractivity contribution >= 4 is 0 Å². The van der Waals surface area contributed by atoms with Crippen molar-refractivity contribution in [2.45, 2.75) is 13.8 Å². The van der Waals surface area contributed by atoms with Crippen LogP contribution < -0.4 is 0 Å². The summed E-state index contributed by atoms with van der Waals surface area (Å²) in [5.41, 5.74) is 4.57. The minimum Gasteiger partial charge on any atom is -0.150 e. The van der Waals surface area contributed by atoms with Crippen molar-refractivity contribution in [2.75, 3.05) is 0 Å². The van der Waals surface area contributed by atoms with E-state index in [1.165, 1.54) is 11.1 Å². The van der Waals surface area contributed by atoms with Crippen LogP contribution in [0.1, 0.15) is 11.1 Å². The maximum Gasteiger partial charge on any atom is 0.113 e. The molecule has 0 aliphatic heterocycles. The lowest BCUT2D eigenvalue weighted by molar-refractivity contribution is 1.03. The fraction of sp³-hybridized carbons (Fsp3) is 0.167. The van der Waals surface area contributed by atoms with Gasteiger partial charge in [-0.05, 0) is 43.2 Å². The molecular weight excluding hydrogens is 172 g/mol. The van der Waals surface area contributed by atoms with E-state index in [9.17, 15) is 0 Å². The van der Waals surface area contributed by atoms with Crippen LogP contribution in [0.25, 0.3) is 11.3 Å². The summed E-state index contributed by atoms with van der Waals surface area (Å²) in [6.07, 6.45) is 2.67. The maximum atomic E-state index is 4.01. The average Bonchev–Trinajstić information content (AvgIpc) is 2.23. The first kappa shape index (κ1) is 8.88. The van der Waals surface area contributed by atoms with Gasteiger partial charge in [0, 0.05) is 5.56 Å². The zero-order chi connectivity index (χ0) is 9.97. The van der Waals surface area contributed by atoms with E-state index in [2.05, 4.69) is 48.4 Å². The summed E-state index contributed by atoms with van der Waals surface area (Å²) in [7, 11) is 0. The molecular formula is C12H11N2. The van der Waals surface area contributed by atoms with Crippen molar-refractivity contribution in [3.8, 4) is 11.3 Å². The summed E-state index contributed by atoms with van der Waals surface area (Å²) in [5.74, 6) is 0. The molecule has 0 fully saturated rings. The van der Waals surface area contributed by atoms with Gasteiger partial charge in [0.2, 0.25) is 0 Å². The summed E-state index contributed by atoms with van der Waals surface area (Å²) in [6.45, 7) is 4.20. The van der Waals surface area contributed by atoms with Gasteiger partial charge in [0.1, 0.15) is 6.20 Å². The lowest BCUT2D eigenvalue weighted by Crippen LogP contribution is -1.88. The smallest absolute Gasteiger partial charge is 0.113 e. The third-order valence-electron chi connectivity index (χ3n) is 2.33. The first-order valence-electron chi connectivity index (χ1n) is 4.55. The van der Waals surface area contributed by atoms with Gasteiger partial charge in [-0.15, -0.1) is 10.2 Å². The predicted molar refractivity (Wildman–Crippen MR) is 55.8 cm³/mol. The molecule has 0 saturated carbocycles. The highest BCUT2D eigenvalue weighted by Crippen LogP contribution is 2.18. The third kappa shape index (κ3) is 1.64. The summed E-state index contributed by atoms with van der Waals surface area (Å²) >= 11 is 0. The molecule has 1 heterocycles. The van der Waals surface area contributed by atoms with Gasteiger partial charge < -0.3 is 0 Å². The van der Waals surface area contributed by atoms with E-state index in [0.717, 1.165) is 11.3 Å². The third-order valence-corrected chi connectivity index (χ3v) is 2.33. The van der Waals surface area contributed by atoms with E-state index in [1.54, 1.807) is 6.07 Å². The van der Waals surface area contributed by atoms with Crippen LogP contribution in [0.3, 0.4) is 0 Å². The molecule has 2 rings (SSSR count). The Morgan fingerprint density at radius 3 is 2.57 bits per heavy atom. The zero-order valence-corrected chi connectivity index (χ0v) is 8.28. The molecule has 0 spiro atoms. The normalized spacial score (nSPS) is 10.1.